The molecule has 0 N–H and O–H groups in total. The largest absolute Gasteiger partial charge is 0.485 e. The van der Waals surface area contributed by atoms with Crippen LogP contribution in [-0.4, -0.2) is 22.3 Å². The van der Waals surface area contributed by atoms with Crippen LogP contribution in [0.5, 0.6) is 5.75 Å². The first kappa shape index (κ1) is 17.3. The molecular formula is C19H20ClN3O2. The molecule has 0 unspecified atom stereocenters. The minimum atomic E-state index is 0.0480. The van der Waals surface area contributed by atoms with Gasteiger partial charge in [-0.1, -0.05) is 18.5 Å². The highest BCUT2D eigenvalue weighted by molar-refractivity contribution is 6.31. The van der Waals surface area contributed by atoms with Crippen molar-refractivity contribution >= 4 is 28.8 Å². The molecule has 0 aliphatic heterocycles. The van der Waals surface area contributed by atoms with Crippen molar-refractivity contribution in [2.75, 3.05) is 11.9 Å². The van der Waals surface area contributed by atoms with Gasteiger partial charge in [-0.3, -0.25) is 4.79 Å². The topological polar surface area (TPSA) is 46.8 Å². The van der Waals surface area contributed by atoms with Gasteiger partial charge in [-0.25, -0.2) is 4.98 Å². The summed E-state index contributed by atoms with van der Waals surface area (Å²) in [6.07, 6.45) is 4.33. The van der Waals surface area contributed by atoms with Gasteiger partial charge in [0, 0.05) is 42.1 Å². The molecule has 3 rings (SSSR count). The first-order valence-corrected chi connectivity index (χ1v) is 8.49. The van der Waals surface area contributed by atoms with E-state index in [0.29, 0.717) is 23.8 Å². The van der Waals surface area contributed by atoms with Gasteiger partial charge in [0.15, 0.2) is 11.4 Å². The lowest BCUT2D eigenvalue weighted by Crippen LogP contribution is -2.25. The maximum atomic E-state index is 11.9. The standard InChI is InChI=1S/C19H20ClN3O2/c1-4-18(24)22(3)15-7-8-16(20)14(10-15)12-25-17-6-5-9-23-11-13(2)21-19(17)23/h5-11H,4,12H2,1-3H3. The van der Waals surface area contributed by atoms with Gasteiger partial charge in [-0.15, -0.1) is 0 Å². The van der Waals surface area contributed by atoms with Crippen LogP contribution in [0.4, 0.5) is 5.69 Å². The van der Waals surface area contributed by atoms with E-state index >= 15 is 0 Å². The smallest absolute Gasteiger partial charge is 0.226 e. The summed E-state index contributed by atoms with van der Waals surface area (Å²) >= 11 is 6.30. The second-order valence-corrected chi connectivity index (χ2v) is 6.26. The first-order valence-electron chi connectivity index (χ1n) is 8.11. The molecule has 0 saturated heterocycles. The van der Waals surface area contributed by atoms with E-state index in [1.54, 1.807) is 18.0 Å². The van der Waals surface area contributed by atoms with Crippen LogP contribution in [0.15, 0.2) is 42.7 Å². The van der Waals surface area contributed by atoms with E-state index in [-0.39, 0.29) is 5.91 Å². The fourth-order valence-corrected chi connectivity index (χ4v) is 2.81. The molecule has 0 radical (unpaired) electrons. The van der Waals surface area contributed by atoms with Crippen LogP contribution in [0.3, 0.4) is 0 Å². The number of imidazole rings is 1. The van der Waals surface area contributed by atoms with Crippen LogP contribution < -0.4 is 9.64 Å². The molecule has 2 heterocycles. The molecule has 6 heteroatoms. The third-order valence-electron chi connectivity index (χ3n) is 4.04. The molecule has 0 bridgehead atoms. The third kappa shape index (κ3) is 3.61. The third-order valence-corrected chi connectivity index (χ3v) is 4.41. The molecule has 1 amide bonds. The van der Waals surface area contributed by atoms with Crippen LogP contribution in [0.2, 0.25) is 5.02 Å². The molecule has 0 aliphatic rings. The summed E-state index contributed by atoms with van der Waals surface area (Å²) in [5.41, 5.74) is 3.31. The predicted molar refractivity (Wildman–Crippen MR) is 99.4 cm³/mol. The maximum absolute atomic E-state index is 11.9. The lowest BCUT2D eigenvalue weighted by Gasteiger charge is -2.18. The number of hydrogen-bond donors (Lipinski definition) is 0. The van der Waals surface area contributed by atoms with E-state index < -0.39 is 0 Å². The van der Waals surface area contributed by atoms with Crippen molar-refractivity contribution in [1.82, 2.24) is 9.38 Å². The maximum Gasteiger partial charge on any atom is 0.226 e. The van der Waals surface area contributed by atoms with Crippen LogP contribution in [0.25, 0.3) is 5.65 Å². The number of anilines is 1. The number of amides is 1. The lowest BCUT2D eigenvalue weighted by atomic mass is 10.2. The number of rotatable bonds is 5. The Labute approximate surface area is 151 Å². The predicted octanol–water partition coefficient (Wildman–Crippen LogP) is 4.25. The van der Waals surface area contributed by atoms with Crippen LogP contribution in [0, 0.1) is 6.92 Å². The molecule has 1 aromatic carbocycles. The Kier molecular flexibility index (Phi) is 4.95. The van der Waals surface area contributed by atoms with Gasteiger partial charge >= 0.3 is 0 Å². The Morgan fingerprint density at radius 2 is 2.16 bits per heavy atom. The number of halogens is 1. The van der Waals surface area contributed by atoms with Gasteiger partial charge in [-0.05, 0) is 37.3 Å². The van der Waals surface area contributed by atoms with E-state index in [2.05, 4.69) is 4.98 Å². The fourth-order valence-electron chi connectivity index (χ4n) is 2.64. The summed E-state index contributed by atoms with van der Waals surface area (Å²) in [7, 11) is 1.76. The Morgan fingerprint density at radius 3 is 2.92 bits per heavy atom. The zero-order valence-electron chi connectivity index (χ0n) is 14.5. The van der Waals surface area contributed by atoms with Gasteiger partial charge in [0.1, 0.15) is 6.61 Å². The number of carbonyl (C=O) groups is 1. The molecule has 5 nitrogen and oxygen atoms in total. The number of hydrogen-bond acceptors (Lipinski definition) is 3. The molecule has 0 spiro atoms. The molecule has 0 saturated carbocycles. The van der Waals surface area contributed by atoms with Crippen LogP contribution >= 0.6 is 11.6 Å². The van der Waals surface area contributed by atoms with E-state index in [1.165, 1.54) is 0 Å². The van der Waals surface area contributed by atoms with Crippen molar-refractivity contribution in [2.24, 2.45) is 0 Å². The Bertz CT molecular complexity index is 920. The van der Waals surface area contributed by atoms with Crippen molar-refractivity contribution < 1.29 is 9.53 Å². The zero-order valence-corrected chi connectivity index (χ0v) is 15.2. The zero-order chi connectivity index (χ0) is 18.0. The normalized spacial score (nSPS) is 10.9. The Morgan fingerprint density at radius 1 is 1.36 bits per heavy atom. The molecule has 2 aromatic heterocycles. The number of pyridine rings is 1. The second kappa shape index (κ2) is 7.15. The fraction of sp³-hybridized carbons (Fsp3) is 0.263. The van der Waals surface area contributed by atoms with Gasteiger partial charge in [0.05, 0.1) is 5.69 Å². The highest BCUT2D eigenvalue weighted by Gasteiger charge is 2.12. The number of nitrogens with zero attached hydrogens (tertiary/aromatic N) is 3. The highest BCUT2D eigenvalue weighted by Crippen LogP contribution is 2.26. The monoisotopic (exact) mass is 357 g/mol. The number of aromatic nitrogens is 2. The van der Waals surface area contributed by atoms with Crippen molar-refractivity contribution in [3.05, 3.63) is 59.0 Å². The summed E-state index contributed by atoms with van der Waals surface area (Å²) in [4.78, 5) is 18.0. The van der Waals surface area contributed by atoms with E-state index in [9.17, 15) is 4.79 Å². The average Bonchev–Trinajstić information content (AvgIpc) is 3.00. The van der Waals surface area contributed by atoms with E-state index in [0.717, 1.165) is 22.6 Å². The van der Waals surface area contributed by atoms with E-state index in [1.807, 2.05) is 54.9 Å². The molecule has 130 valence electrons. The quantitative estimate of drug-likeness (QED) is 0.685. The highest BCUT2D eigenvalue weighted by atomic mass is 35.5. The van der Waals surface area contributed by atoms with E-state index in [4.69, 9.17) is 16.3 Å². The molecule has 0 atom stereocenters. The molecule has 3 aromatic rings. The number of carbonyl (C=O) groups excluding carboxylic acids is 1. The summed E-state index contributed by atoms with van der Waals surface area (Å²) in [6, 6.07) is 9.29. The number of ether oxygens (including phenoxy) is 1. The van der Waals surface area contributed by atoms with Gasteiger partial charge in [-0.2, -0.15) is 0 Å². The summed E-state index contributed by atoms with van der Waals surface area (Å²) in [5, 5.41) is 0.604. The van der Waals surface area contributed by atoms with Gasteiger partial charge in [0.2, 0.25) is 5.91 Å². The van der Waals surface area contributed by atoms with Gasteiger partial charge in [0.25, 0.3) is 0 Å². The number of benzene rings is 1. The average molecular weight is 358 g/mol. The van der Waals surface area contributed by atoms with Crippen molar-refractivity contribution in [1.29, 1.82) is 0 Å². The minimum absolute atomic E-state index is 0.0480. The molecule has 25 heavy (non-hydrogen) atoms. The first-order chi connectivity index (χ1) is 12.0. The second-order valence-electron chi connectivity index (χ2n) is 5.86. The Hall–Kier alpha value is -2.53. The Balaban J connectivity index is 1.84. The minimum Gasteiger partial charge on any atom is -0.485 e. The molecular weight excluding hydrogens is 338 g/mol. The summed E-state index contributed by atoms with van der Waals surface area (Å²) in [6.45, 7) is 4.08. The van der Waals surface area contributed by atoms with Crippen molar-refractivity contribution in [3.63, 3.8) is 0 Å². The lowest BCUT2D eigenvalue weighted by molar-refractivity contribution is -0.118. The summed E-state index contributed by atoms with van der Waals surface area (Å²) < 4.78 is 7.88. The molecule has 0 aliphatic carbocycles. The van der Waals surface area contributed by atoms with Crippen molar-refractivity contribution in [3.8, 4) is 5.75 Å². The SMILES string of the molecule is CCC(=O)N(C)c1ccc(Cl)c(COc2cccn3cc(C)nc23)c1. The number of fused-ring (bicyclic) bond motifs is 1. The van der Waals surface area contributed by atoms with Gasteiger partial charge < -0.3 is 14.0 Å². The molecule has 0 fully saturated rings. The van der Waals surface area contributed by atoms with Crippen LogP contribution in [-0.2, 0) is 11.4 Å². The van der Waals surface area contributed by atoms with Crippen molar-refractivity contribution in [2.45, 2.75) is 26.9 Å². The summed E-state index contributed by atoms with van der Waals surface area (Å²) in [5.74, 6) is 0.738. The van der Waals surface area contributed by atoms with Crippen LogP contribution in [0.1, 0.15) is 24.6 Å². The number of aryl methyl sites for hydroxylation is 1.